The van der Waals surface area contributed by atoms with Crippen LogP contribution in [0.25, 0.3) is 0 Å². The van der Waals surface area contributed by atoms with Crippen LogP contribution in [0.4, 0.5) is 4.79 Å². The highest BCUT2D eigenvalue weighted by Crippen LogP contribution is 2.16. The molecule has 0 spiro atoms. The van der Waals surface area contributed by atoms with Crippen LogP contribution in [-0.4, -0.2) is 16.6 Å². The molecule has 1 atom stereocenters. The number of alkyl carbamates (subject to hydrolysis) is 1. The first kappa shape index (κ1) is 21.2. The molecule has 0 aliphatic carbocycles. The molecule has 0 aromatic heterocycles. The maximum atomic E-state index is 12.1. The Labute approximate surface area is 185 Å². The molecular weight excluding hydrogens is 477 g/mol. The van der Waals surface area contributed by atoms with E-state index in [1.54, 1.807) is 0 Å². The summed E-state index contributed by atoms with van der Waals surface area (Å²) < 4.78 is 11.9. The molecule has 150 valence electrons. The Morgan fingerprint density at radius 2 is 1.38 bits per heavy atom. The predicted molar refractivity (Wildman–Crippen MR) is 123 cm³/mol. The van der Waals surface area contributed by atoms with Gasteiger partial charge in [-0.1, -0.05) is 95.4 Å². The first-order valence-corrected chi connectivity index (χ1v) is 11.0. The minimum Gasteiger partial charge on any atom is -0.489 e. The van der Waals surface area contributed by atoms with Gasteiger partial charge in [0.15, 0.2) is 0 Å². The van der Waals surface area contributed by atoms with Crippen molar-refractivity contribution in [2.45, 2.75) is 25.7 Å². The second-order valence-electron chi connectivity index (χ2n) is 6.68. The maximum absolute atomic E-state index is 12.1. The van der Waals surface area contributed by atoms with E-state index in [1.165, 1.54) is 0 Å². The molecule has 5 heteroatoms. The van der Waals surface area contributed by atoms with Crippen molar-refractivity contribution in [3.8, 4) is 5.75 Å². The van der Waals surface area contributed by atoms with Crippen LogP contribution in [0.2, 0.25) is 0 Å². The highest BCUT2D eigenvalue weighted by Gasteiger charge is 2.13. The number of benzene rings is 3. The lowest BCUT2D eigenvalue weighted by Gasteiger charge is -2.16. The highest BCUT2D eigenvalue weighted by atomic mass is 127. The fourth-order valence-electron chi connectivity index (χ4n) is 2.82. The fraction of sp³-hybridized carbons (Fsp3) is 0.208. The van der Waals surface area contributed by atoms with Crippen molar-refractivity contribution in [3.63, 3.8) is 0 Å². The lowest BCUT2D eigenvalue weighted by molar-refractivity contribution is 0.136. The van der Waals surface area contributed by atoms with Crippen LogP contribution in [0.1, 0.15) is 16.7 Å². The van der Waals surface area contributed by atoms with Gasteiger partial charge in [-0.2, -0.15) is 0 Å². The van der Waals surface area contributed by atoms with Crippen LogP contribution in [-0.2, 0) is 24.4 Å². The first-order valence-electron chi connectivity index (χ1n) is 9.52. The number of nitrogens with one attached hydrogen (secondary N) is 1. The summed E-state index contributed by atoms with van der Waals surface area (Å²) in [6.45, 7) is 0.819. The Morgan fingerprint density at radius 1 is 0.793 bits per heavy atom. The van der Waals surface area contributed by atoms with Gasteiger partial charge in [-0.25, -0.2) is 4.79 Å². The molecule has 0 aliphatic rings. The van der Waals surface area contributed by atoms with Gasteiger partial charge in [0.1, 0.15) is 19.0 Å². The van der Waals surface area contributed by atoms with Crippen LogP contribution in [0.5, 0.6) is 5.75 Å². The lowest BCUT2D eigenvalue weighted by atomic mass is 10.1. The summed E-state index contributed by atoms with van der Waals surface area (Å²) in [7, 11) is 0. The zero-order chi connectivity index (χ0) is 20.3. The third-order valence-electron chi connectivity index (χ3n) is 4.37. The SMILES string of the molecule is O=C(N[C@H](CI)Cc1ccc(OCc2ccccc2)cc1)OCc1ccccc1. The van der Waals surface area contributed by atoms with E-state index >= 15 is 0 Å². The molecule has 4 nitrogen and oxygen atoms in total. The van der Waals surface area contributed by atoms with E-state index < -0.39 is 6.09 Å². The van der Waals surface area contributed by atoms with E-state index in [4.69, 9.17) is 9.47 Å². The molecule has 0 saturated carbocycles. The largest absolute Gasteiger partial charge is 0.489 e. The standard InChI is InChI=1S/C24H24INO3/c25-16-22(26-24(27)29-18-21-9-5-2-6-10-21)15-19-11-13-23(14-12-19)28-17-20-7-3-1-4-8-20/h1-14,22H,15-18H2,(H,26,27)/t22-/m0/s1. The van der Waals surface area contributed by atoms with Crippen LogP contribution in [0.15, 0.2) is 84.9 Å². The molecule has 1 N–H and O–H groups in total. The number of hydrogen-bond donors (Lipinski definition) is 1. The molecule has 3 aromatic rings. The minimum atomic E-state index is -0.390. The molecule has 0 heterocycles. The van der Waals surface area contributed by atoms with Crippen LogP contribution >= 0.6 is 22.6 Å². The summed E-state index contributed by atoms with van der Waals surface area (Å²) in [5, 5.41) is 2.95. The fourth-order valence-corrected chi connectivity index (χ4v) is 3.35. The third kappa shape index (κ3) is 7.42. The van der Waals surface area contributed by atoms with Gasteiger partial charge in [-0.05, 0) is 35.2 Å². The van der Waals surface area contributed by atoms with Gasteiger partial charge in [0.25, 0.3) is 0 Å². The summed E-state index contributed by atoms with van der Waals surface area (Å²) in [5.74, 6) is 0.832. The molecule has 0 radical (unpaired) electrons. The number of amides is 1. The van der Waals surface area contributed by atoms with Crippen molar-refractivity contribution in [1.82, 2.24) is 5.32 Å². The Hall–Kier alpha value is -2.54. The lowest BCUT2D eigenvalue weighted by Crippen LogP contribution is -2.37. The number of rotatable bonds is 9. The topological polar surface area (TPSA) is 47.6 Å². The predicted octanol–water partition coefficient (Wildman–Crippen LogP) is 5.54. The number of ether oxygens (including phenoxy) is 2. The van der Waals surface area contributed by atoms with Crippen LogP contribution in [0, 0.1) is 0 Å². The Balaban J connectivity index is 1.45. The smallest absolute Gasteiger partial charge is 0.407 e. The first-order chi connectivity index (χ1) is 14.2. The number of hydrogen-bond acceptors (Lipinski definition) is 3. The van der Waals surface area contributed by atoms with Gasteiger partial charge in [0.2, 0.25) is 0 Å². The average molecular weight is 501 g/mol. The van der Waals surface area contributed by atoms with Gasteiger partial charge < -0.3 is 14.8 Å². The zero-order valence-corrected chi connectivity index (χ0v) is 18.2. The molecule has 3 rings (SSSR count). The van der Waals surface area contributed by atoms with Crippen LogP contribution in [0.3, 0.4) is 0 Å². The monoisotopic (exact) mass is 501 g/mol. The van der Waals surface area contributed by atoms with Crippen molar-refractivity contribution in [2.24, 2.45) is 0 Å². The molecule has 29 heavy (non-hydrogen) atoms. The number of alkyl halides is 1. The molecule has 3 aromatic carbocycles. The Morgan fingerprint density at radius 3 is 1.97 bits per heavy atom. The zero-order valence-electron chi connectivity index (χ0n) is 16.1. The van der Waals surface area contributed by atoms with Crippen LogP contribution < -0.4 is 10.1 Å². The summed E-state index contributed by atoms with van der Waals surface area (Å²) in [4.78, 5) is 12.1. The van der Waals surface area contributed by atoms with E-state index in [9.17, 15) is 4.79 Å². The second-order valence-corrected chi connectivity index (χ2v) is 7.56. The Bertz CT molecular complexity index is 870. The van der Waals surface area contributed by atoms with Gasteiger partial charge in [0, 0.05) is 10.5 Å². The summed E-state index contributed by atoms with van der Waals surface area (Å²) in [5.41, 5.74) is 3.25. The molecule has 0 bridgehead atoms. The normalized spacial score (nSPS) is 11.5. The molecule has 1 amide bonds. The average Bonchev–Trinajstić information content (AvgIpc) is 2.78. The van der Waals surface area contributed by atoms with Crippen molar-refractivity contribution >= 4 is 28.7 Å². The van der Waals surface area contributed by atoms with Gasteiger partial charge in [-0.3, -0.25) is 0 Å². The molecule has 0 unspecified atom stereocenters. The summed E-state index contributed by atoms with van der Waals surface area (Å²) in [6.07, 6.45) is 0.348. The molecule has 0 aliphatic heterocycles. The number of carbonyl (C=O) groups excluding carboxylic acids is 1. The summed E-state index contributed by atoms with van der Waals surface area (Å²) in [6, 6.07) is 27.8. The third-order valence-corrected chi connectivity index (χ3v) is 5.44. The van der Waals surface area contributed by atoms with E-state index in [0.717, 1.165) is 33.3 Å². The second kappa shape index (κ2) is 11.5. The van der Waals surface area contributed by atoms with Crippen molar-refractivity contribution in [1.29, 1.82) is 0 Å². The number of halogens is 1. The Kier molecular flexibility index (Phi) is 8.37. The molecular formula is C24H24INO3. The summed E-state index contributed by atoms with van der Waals surface area (Å²) >= 11 is 2.28. The molecule has 0 saturated heterocycles. The highest BCUT2D eigenvalue weighted by molar-refractivity contribution is 14.1. The van der Waals surface area contributed by atoms with Gasteiger partial charge in [-0.15, -0.1) is 0 Å². The van der Waals surface area contributed by atoms with Crippen molar-refractivity contribution < 1.29 is 14.3 Å². The maximum Gasteiger partial charge on any atom is 0.407 e. The van der Waals surface area contributed by atoms with Crippen molar-refractivity contribution in [2.75, 3.05) is 4.43 Å². The van der Waals surface area contributed by atoms with E-state index in [1.807, 2.05) is 84.9 Å². The minimum absolute atomic E-state index is 0.00922. The van der Waals surface area contributed by atoms with E-state index in [-0.39, 0.29) is 12.6 Å². The van der Waals surface area contributed by atoms with E-state index in [2.05, 4.69) is 27.9 Å². The van der Waals surface area contributed by atoms with E-state index in [0.29, 0.717) is 6.61 Å². The van der Waals surface area contributed by atoms with Crippen molar-refractivity contribution in [3.05, 3.63) is 102 Å². The quantitative estimate of drug-likeness (QED) is 0.310. The van der Waals surface area contributed by atoms with Gasteiger partial charge in [0.05, 0.1) is 0 Å². The molecule has 0 fully saturated rings. The van der Waals surface area contributed by atoms with Gasteiger partial charge >= 0.3 is 6.09 Å². The number of carbonyl (C=O) groups is 1.